The highest BCUT2D eigenvalue weighted by Gasteiger charge is 2.22. The van der Waals surface area contributed by atoms with Gasteiger partial charge >= 0.3 is 12.1 Å². The molecule has 0 fully saturated rings. The molecule has 0 aliphatic carbocycles. The van der Waals surface area contributed by atoms with Crippen LogP contribution < -0.4 is 9.47 Å². The molecular weight excluding hydrogens is 428 g/mol. The van der Waals surface area contributed by atoms with Crippen LogP contribution in [0.2, 0.25) is 0 Å². The Morgan fingerprint density at radius 1 is 0.931 bits per heavy atom. The molecule has 0 bridgehead atoms. The zero-order chi connectivity index (χ0) is 21.0. The summed E-state index contributed by atoms with van der Waals surface area (Å²) in [6.07, 6.45) is -0.944. The van der Waals surface area contributed by atoms with Gasteiger partial charge in [-0.15, -0.1) is 0 Å². The molecule has 0 saturated carbocycles. The van der Waals surface area contributed by atoms with Crippen molar-refractivity contribution in [3.05, 3.63) is 64.0 Å². The number of carbonyl (C=O) groups is 2. The number of ether oxygens (including phenoxy) is 3. The summed E-state index contributed by atoms with van der Waals surface area (Å²) in [5, 5.41) is 0. The largest absolute Gasteiger partial charge is 0.519 e. The lowest BCUT2D eigenvalue weighted by atomic mass is 10.1. The van der Waals surface area contributed by atoms with Crippen molar-refractivity contribution in [3.63, 3.8) is 0 Å². The Bertz CT molecular complexity index is 1070. The number of carbonyl (C=O) groups excluding carboxylic acids is 2. The number of hydrogen-bond donors (Lipinski definition) is 0. The van der Waals surface area contributed by atoms with E-state index in [4.69, 9.17) is 26.4 Å². The van der Waals surface area contributed by atoms with Gasteiger partial charge in [0.2, 0.25) is 0 Å². The first-order valence-corrected chi connectivity index (χ1v) is 11.2. The smallest absolute Gasteiger partial charge is 0.456 e. The fourth-order valence-electron chi connectivity index (χ4n) is 2.32. The number of rotatable bonds is 4. The number of para-hydroxylation sites is 1. The molecule has 1 aromatic heterocycles. The molecule has 0 unspecified atom stereocenters. The molecule has 150 valence electrons. The van der Waals surface area contributed by atoms with E-state index in [0.717, 1.165) is 14.3 Å². The van der Waals surface area contributed by atoms with Gasteiger partial charge in [-0.05, 0) is 68.8 Å². The summed E-state index contributed by atoms with van der Waals surface area (Å²) in [6.45, 7) is 5.29. The summed E-state index contributed by atoms with van der Waals surface area (Å²) in [7, 11) is 3.13. The van der Waals surface area contributed by atoms with E-state index >= 15 is 0 Å². The van der Waals surface area contributed by atoms with Crippen LogP contribution in [0.4, 0.5) is 4.79 Å². The molecule has 0 N–H and O–H groups in total. The van der Waals surface area contributed by atoms with Gasteiger partial charge in [-0.25, -0.2) is 9.59 Å². The molecule has 8 heteroatoms. The maximum atomic E-state index is 12.3. The molecule has 0 atom stereocenters. The maximum absolute atomic E-state index is 12.3. The van der Waals surface area contributed by atoms with Gasteiger partial charge in [-0.1, -0.05) is 45.0 Å². The van der Waals surface area contributed by atoms with Crippen LogP contribution in [0.5, 0.6) is 11.5 Å². The Balaban J connectivity index is 1.68. The van der Waals surface area contributed by atoms with Gasteiger partial charge in [0.15, 0.2) is 0 Å². The highest BCUT2D eigenvalue weighted by Crippen LogP contribution is 2.30. The summed E-state index contributed by atoms with van der Waals surface area (Å²) < 4.78 is 16.6. The van der Waals surface area contributed by atoms with E-state index < -0.39 is 17.7 Å². The second kappa shape index (κ2) is 8.86. The molecule has 0 spiro atoms. The lowest BCUT2D eigenvalue weighted by Crippen LogP contribution is -2.24. The Morgan fingerprint density at radius 3 is 2.24 bits per heavy atom. The zero-order valence-electron chi connectivity index (χ0n) is 16.0. The van der Waals surface area contributed by atoms with Crippen LogP contribution in [-0.4, -0.2) is 17.7 Å². The first-order chi connectivity index (χ1) is 13.7. The molecule has 2 aromatic carbocycles. The average Bonchev–Trinajstić information content (AvgIpc) is 3.07. The molecule has 29 heavy (non-hydrogen) atoms. The number of esters is 1. The van der Waals surface area contributed by atoms with Crippen molar-refractivity contribution in [1.82, 2.24) is 0 Å². The first-order valence-electron chi connectivity index (χ1n) is 8.64. The molecule has 0 saturated heterocycles. The van der Waals surface area contributed by atoms with E-state index in [-0.39, 0.29) is 11.3 Å². The third kappa shape index (κ3) is 5.96. The average molecular weight is 447 g/mol. The third-order valence-corrected chi connectivity index (χ3v) is 6.41. The Hall–Kier alpha value is -2.55. The topological polar surface area (TPSA) is 61.8 Å². The first kappa shape index (κ1) is 21.2. The second-order valence-corrected chi connectivity index (χ2v) is 9.88. The summed E-state index contributed by atoms with van der Waals surface area (Å²) >= 11 is 5.15. The fourth-order valence-corrected chi connectivity index (χ4v) is 4.73. The predicted octanol–water partition coefficient (Wildman–Crippen LogP) is 6.74. The van der Waals surface area contributed by atoms with E-state index in [1.54, 1.807) is 55.4 Å². The summed E-state index contributed by atoms with van der Waals surface area (Å²) in [5.41, 5.74) is 0.466. The van der Waals surface area contributed by atoms with Gasteiger partial charge in [0.1, 0.15) is 26.5 Å². The van der Waals surface area contributed by atoms with Crippen LogP contribution in [0.1, 0.15) is 31.1 Å². The van der Waals surface area contributed by atoms with Crippen molar-refractivity contribution in [3.8, 4) is 21.9 Å². The van der Waals surface area contributed by atoms with Crippen LogP contribution in [0, 0.1) is 3.82 Å². The van der Waals surface area contributed by atoms with Crippen LogP contribution in [0.3, 0.4) is 0 Å². The Labute approximate surface area is 180 Å². The van der Waals surface area contributed by atoms with Crippen LogP contribution in [0.25, 0.3) is 10.4 Å². The van der Waals surface area contributed by atoms with Gasteiger partial charge < -0.3 is 14.2 Å². The maximum Gasteiger partial charge on any atom is 0.519 e. The zero-order valence-corrected chi connectivity index (χ0v) is 18.4. The molecular formula is C21H18O5S3. The highest BCUT2D eigenvalue weighted by atomic mass is 32.9. The molecule has 3 aromatic rings. The van der Waals surface area contributed by atoms with Crippen LogP contribution >= 0.6 is 32.9 Å². The fraction of sp³-hybridized carbons (Fsp3) is 0.190. The minimum atomic E-state index is -0.944. The minimum Gasteiger partial charge on any atom is -0.456 e. The standard InChI is InChI=1S/C21H18O5S3/c1-21(2,3)26-19(22)15-6-4-5-7-16(15)25-20(23)24-14-10-8-13(9-11-14)17-12-18(27)29-28-17/h4-12H,1-3H3. The Kier molecular flexibility index (Phi) is 6.46. The molecule has 3 rings (SSSR count). The molecule has 0 aliphatic heterocycles. The highest BCUT2D eigenvalue weighted by molar-refractivity contribution is 7.80. The van der Waals surface area contributed by atoms with E-state index in [2.05, 4.69) is 0 Å². The second-order valence-electron chi connectivity index (χ2n) is 6.97. The molecule has 5 nitrogen and oxygen atoms in total. The Morgan fingerprint density at radius 2 is 1.62 bits per heavy atom. The van der Waals surface area contributed by atoms with Gasteiger partial charge in [0.05, 0.1) is 0 Å². The van der Waals surface area contributed by atoms with Gasteiger partial charge in [0, 0.05) is 4.88 Å². The van der Waals surface area contributed by atoms with Crippen LogP contribution in [-0.2, 0) is 4.74 Å². The molecule has 1 heterocycles. The van der Waals surface area contributed by atoms with Gasteiger partial charge in [0.25, 0.3) is 0 Å². The third-order valence-electron chi connectivity index (χ3n) is 3.50. The van der Waals surface area contributed by atoms with Crippen molar-refractivity contribution >= 4 is 45.0 Å². The van der Waals surface area contributed by atoms with Crippen molar-refractivity contribution in [2.75, 3.05) is 0 Å². The van der Waals surface area contributed by atoms with E-state index in [1.165, 1.54) is 22.5 Å². The van der Waals surface area contributed by atoms with Crippen molar-refractivity contribution in [2.24, 2.45) is 0 Å². The van der Waals surface area contributed by atoms with Crippen LogP contribution in [0.15, 0.2) is 54.6 Å². The van der Waals surface area contributed by atoms with Gasteiger partial charge in [-0.3, -0.25) is 0 Å². The van der Waals surface area contributed by atoms with Gasteiger partial charge in [-0.2, -0.15) is 0 Å². The van der Waals surface area contributed by atoms with Crippen molar-refractivity contribution < 1.29 is 23.8 Å². The van der Waals surface area contributed by atoms with Crippen molar-refractivity contribution in [1.29, 1.82) is 0 Å². The number of hydrogen-bond acceptors (Lipinski definition) is 8. The predicted molar refractivity (Wildman–Crippen MR) is 117 cm³/mol. The lowest BCUT2D eigenvalue weighted by Gasteiger charge is -2.20. The summed E-state index contributed by atoms with van der Waals surface area (Å²) in [6, 6.07) is 15.3. The lowest BCUT2D eigenvalue weighted by molar-refractivity contribution is 0.00670. The molecule has 0 radical (unpaired) electrons. The van der Waals surface area contributed by atoms with Crippen molar-refractivity contribution in [2.45, 2.75) is 26.4 Å². The minimum absolute atomic E-state index is 0.0708. The van der Waals surface area contributed by atoms with E-state index in [9.17, 15) is 9.59 Å². The normalized spacial score (nSPS) is 11.0. The quantitative estimate of drug-likeness (QED) is 0.191. The van der Waals surface area contributed by atoms with E-state index in [1.807, 2.05) is 18.2 Å². The monoisotopic (exact) mass is 446 g/mol. The summed E-state index contributed by atoms with van der Waals surface area (Å²) in [5.74, 6) is -0.183. The molecule has 0 aliphatic rings. The molecule has 0 amide bonds. The summed E-state index contributed by atoms with van der Waals surface area (Å²) in [4.78, 5) is 25.6. The van der Waals surface area contributed by atoms with E-state index in [0.29, 0.717) is 5.75 Å². The number of benzene rings is 2. The SMILES string of the molecule is CC(C)(C)OC(=O)c1ccccc1OC(=O)Oc1ccc(-c2cc(=S)ss2)cc1.